The van der Waals surface area contributed by atoms with Crippen molar-refractivity contribution in [2.75, 3.05) is 26.2 Å². The molecule has 9 nitrogen and oxygen atoms in total. The standard InChI is InChI=1S/C26H25ClN8O/c27-20-3-1-18(2-4-20)25(36)34-11-9-33(10-12-34)21-13-26(14-21,6-7-28)35-16-19(15-32-35)23-22-5-8-29-24(22)31-17-30-23/h1-5,8,15-17,21H,6,9-14H2,(H,29,30,31)/t21-,26-. The molecule has 4 heterocycles. The summed E-state index contributed by atoms with van der Waals surface area (Å²) in [6.45, 7) is 3.03. The highest BCUT2D eigenvalue weighted by Gasteiger charge is 2.49. The summed E-state index contributed by atoms with van der Waals surface area (Å²) in [5.74, 6) is 0.0454. The fourth-order valence-corrected chi connectivity index (χ4v) is 5.63. The van der Waals surface area contributed by atoms with Gasteiger partial charge in [-0.2, -0.15) is 10.4 Å². The predicted molar refractivity (Wildman–Crippen MR) is 135 cm³/mol. The lowest BCUT2D eigenvalue weighted by Gasteiger charge is -2.52. The first-order valence-electron chi connectivity index (χ1n) is 12.1. The zero-order chi connectivity index (χ0) is 24.7. The van der Waals surface area contributed by atoms with Gasteiger partial charge in [-0.05, 0) is 43.2 Å². The number of halogens is 1. The van der Waals surface area contributed by atoms with Gasteiger partial charge in [0.15, 0.2) is 0 Å². The Hall–Kier alpha value is -3.74. The summed E-state index contributed by atoms with van der Waals surface area (Å²) in [6, 6.07) is 11.8. The fraction of sp³-hybridized carbons (Fsp3) is 0.346. The van der Waals surface area contributed by atoms with Crippen LogP contribution in [0, 0.1) is 11.3 Å². The van der Waals surface area contributed by atoms with E-state index in [0.717, 1.165) is 48.2 Å². The Bertz CT molecular complexity index is 1440. The van der Waals surface area contributed by atoms with Crippen molar-refractivity contribution in [1.29, 1.82) is 5.26 Å². The van der Waals surface area contributed by atoms with Crippen LogP contribution in [0.4, 0.5) is 0 Å². The number of H-pyrrole nitrogens is 1. The number of hydrogen-bond acceptors (Lipinski definition) is 6. The fourth-order valence-electron chi connectivity index (χ4n) is 5.51. The number of fused-ring (bicyclic) bond motifs is 1. The molecule has 0 atom stereocenters. The maximum atomic E-state index is 12.8. The molecule has 36 heavy (non-hydrogen) atoms. The van der Waals surface area contributed by atoms with E-state index in [4.69, 9.17) is 11.6 Å². The first-order chi connectivity index (χ1) is 17.6. The van der Waals surface area contributed by atoms with Gasteiger partial charge in [0, 0.05) is 66.2 Å². The Morgan fingerprint density at radius 2 is 1.92 bits per heavy atom. The molecule has 0 spiro atoms. The lowest BCUT2D eigenvalue weighted by molar-refractivity contribution is -0.0158. The third-order valence-corrected chi connectivity index (χ3v) is 7.80. The van der Waals surface area contributed by atoms with Crippen molar-refractivity contribution in [3.05, 3.63) is 65.8 Å². The number of aromatic nitrogens is 5. The van der Waals surface area contributed by atoms with Gasteiger partial charge in [0.25, 0.3) is 5.91 Å². The summed E-state index contributed by atoms with van der Waals surface area (Å²) >= 11 is 5.95. The van der Waals surface area contributed by atoms with Gasteiger partial charge in [-0.3, -0.25) is 14.4 Å². The molecule has 10 heteroatoms. The van der Waals surface area contributed by atoms with E-state index in [1.807, 2.05) is 34.2 Å². The molecular formula is C26H25ClN8O. The smallest absolute Gasteiger partial charge is 0.253 e. The lowest BCUT2D eigenvalue weighted by Crippen LogP contribution is -2.60. The molecule has 2 aliphatic rings. The van der Waals surface area contributed by atoms with Crippen molar-refractivity contribution in [2.45, 2.75) is 30.8 Å². The number of nitrogens with one attached hydrogen (secondary N) is 1. The average Bonchev–Trinajstić information content (AvgIpc) is 3.56. The Labute approximate surface area is 213 Å². The zero-order valence-electron chi connectivity index (χ0n) is 19.6. The first kappa shape index (κ1) is 22.7. The zero-order valence-corrected chi connectivity index (χ0v) is 20.4. The molecule has 0 bridgehead atoms. The van der Waals surface area contributed by atoms with Gasteiger partial charge in [0.2, 0.25) is 0 Å². The number of hydrogen-bond donors (Lipinski definition) is 1. The van der Waals surface area contributed by atoms with Crippen LogP contribution in [-0.2, 0) is 5.54 Å². The summed E-state index contributed by atoms with van der Waals surface area (Å²) < 4.78 is 1.96. The number of amides is 1. The Morgan fingerprint density at radius 1 is 1.14 bits per heavy atom. The maximum Gasteiger partial charge on any atom is 0.253 e. The minimum Gasteiger partial charge on any atom is -0.346 e. The summed E-state index contributed by atoms with van der Waals surface area (Å²) in [6.07, 6.45) is 9.35. The van der Waals surface area contributed by atoms with E-state index in [-0.39, 0.29) is 11.4 Å². The van der Waals surface area contributed by atoms with Crippen molar-refractivity contribution in [1.82, 2.24) is 34.5 Å². The third kappa shape index (κ3) is 3.92. The summed E-state index contributed by atoms with van der Waals surface area (Å²) in [7, 11) is 0. The molecule has 0 radical (unpaired) electrons. The van der Waals surface area contributed by atoms with E-state index in [0.29, 0.717) is 36.1 Å². The van der Waals surface area contributed by atoms with Crippen LogP contribution in [0.1, 0.15) is 29.6 Å². The molecule has 1 aliphatic heterocycles. The molecule has 1 aromatic carbocycles. The lowest BCUT2D eigenvalue weighted by atomic mass is 9.70. The number of aromatic amines is 1. The van der Waals surface area contributed by atoms with E-state index in [1.165, 1.54) is 0 Å². The number of piperazine rings is 1. The van der Waals surface area contributed by atoms with Crippen LogP contribution in [0.5, 0.6) is 0 Å². The highest BCUT2D eigenvalue weighted by molar-refractivity contribution is 6.30. The second kappa shape index (κ2) is 9.04. The molecule has 6 rings (SSSR count). The predicted octanol–water partition coefficient (Wildman–Crippen LogP) is 3.70. The molecule has 3 aromatic heterocycles. The van der Waals surface area contributed by atoms with E-state index >= 15 is 0 Å². The van der Waals surface area contributed by atoms with Crippen LogP contribution in [0.2, 0.25) is 5.02 Å². The molecule has 0 unspecified atom stereocenters. The summed E-state index contributed by atoms with van der Waals surface area (Å²) in [5, 5.41) is 15.8. The molecule has 1 saturated carbocycles. The van der Waals surface area contributed by atoms with Gasteiger partial charge >= 0.3 is 0 Å². The van der Waals surface area contributed by atoms with Gasteiger partial charge in [0.1, 0.15) is 12.0 Å². The molecule has 1 N–H and O–H groups in total. The minimum atomic E-state index is -0.321. The molecular weight excluding hydrogens is 476 g/mol. The van der Waals surface area contributed by atoms with E-state index in [2.05, 4.69) is 31.0 Å². The summed E-state index contributed by atoms with van der Waals surface area (Å²) in [5.41, 5.74) is 2.88. The topological polar surface area (TPSA) is 107 Å². The van der Waals surface area contributed by atoms with Crippen molar-refractivity contribution < 1.29 is 4.79 Å². The van der Waals surface area contributed by atoms with Gasteiger partial charge in [0.05, 0.1) is 29.9 Å². The summed E-state index contributed by atoms with van der Waals surface area (Å²) in [4.78, 5) is 29.0. The second-order valence-corrected chi connectivity index (χ2v) is 10.0. The number of nitriles is 1. The average molecular weight is 501 g/mol. The van der Waals surface area contributed by atoms with E-state index in [9.17, 15) is 10.1 Å². The van der Waals surface area contributed by atoms with Gasteiger partial charge in [-0.15, -0.1) is 0 Å². The monoisotopic (exact) mass is 500 g/mol. The molecule has 182 valence electrons. The first-order valence-corrected chi connectivity index (χ1v) is 12.4. The largest absolute Gasteiger partial charge is 0.346 e. The molecule has 4 aromatic rings. The number of rotatable bonds is 5. The SMILES string of the molecule is N#CC[C@]1(n2cc(-c3ncnc4[nH]ccc34)cn2)C[C@H](N2CCN(C(=O)c3ccc(Cl)cc3)CC2)C1. The van der Waals surface area contributed by atoms with Crippen LogP contribution in [0.15, 0.2) is 55.2 Å². The quantitative estimate of drug-likeness (QED) is 0.447. The number of carbonyl (C=O) groups excluding carboxylic acids is 1. The Balaban J connectivity index is 1.12. The van der Waals surface area contributed by atoms with Crippen molar-refractivity contribution in [2.24, 2.45) is 0 Å². The van der Waals surface area contributed by atoms with Crippen LogP contribution in [-0.4, -0.2) is 72.7 Å². The van der Waals surface area contributed by atoms with E-state index < -0.39 is 0 Å². The number of benzene rings is 1. The van der Waals surface area contributed by atoms with Crippen molar-refractivity contribution >= 4 is 28.5 Å². The van der Waals surface area contributed by atoms with Crippen LogP contribution in [0.25, 0.3) is 22.3 Å². The maximum absolute atomic E-state index is 12.8. The van der Waals surface area contributed by atoms with Crippen LogP contribution < -0.4 is 0 Å². The third-order valence-electron chi connectivity index (χ3n) is 7.54. The van der Waals surface area contributed by atoms with Crippen molar-refractivity contribution in [3.8, 4) is 17.3 Å². The van der Waals surface area contributed by atoms with Gasteiger partial charge in [-0.25, -0.2) is 9.97 Å². The Morgan fingerprint density at radius 3 is 2.67 bits per heavy atom. The van der Waals surface area contributed by atoms with Crippen LogP contribution in [0.3, 0.4) is 0 Å². The van der Waals surface area contributed by atoms with Crippen LogP contribution >= 0.6 is 11.6 Å². The van der Waals surface area contributed by atoms with Gasteiger partial charge < -0.3 is 9.88 Å². The minimum absolute atomic E-state index is 0.0454. The number of carbonyl (C=O) groups is 1. The van der Waals surface area contributed by atoms with Gasteiger partial charge in [-0.1, -0.05) is 11.6 Å². The van der Waals surface area contributed by atoms with E-state index in [1.54, 1.807) is 30.6 Å². The number of nitrogens with zero attached hydrogens (tertiary/aromatic N) is 7. The Kier molecular flexibility index (Phi) is 5.70. The van der Waals surface area contributed by atoms with Crippen molar-refractivity contribution in [3.63, 3.8) is 0 Å². The highest BCUT2D eigenvalue weighted by Crippen LogP contribution is 2.45. The normalized spacial score (nSPS) is 22.3. The molecule has 1 aliphatic carbocycles. The highest BCUT2D eigenvalue weighted by atomic mass is 35.5. The molecule has 2 fully saturated rings. The second-order valence-electron chi connectivity index (χ2n) is 9.59. The molecule has 1 amide bonds. The molecule has 1 saturated heterocycles.